The fourth-order valence-corrected chi connectivity index (χ4v) is 2.89. The van der Waals surface area contributed by atoms with E-state index in [1.807, 2.05) is 41.5 Å². The van der Waals surface area contributed by atoms with Crippen molar-refractivity contribution in [2.75, 3.05) is 12.8 Å². The number of nitrogens with zero attached hydrogens (tertiary/aromatic N) is 1. The van der Waals surface area contributed by atoms with Gasteiger partial charge in [-0.25, -0.2) is 0 Å². The van der Waals surface area contributed by atoms with Gasteiger partial charge in [-0.1, -0.05) is 41.5 Å². The van der Waals surface area contributed by atoms with Crippen LogP contribution in [-0.2, 0) is 9.59 Å². The molecule has 0 saturated carbocycles. The standard InChI is InChI=1S/C16H31NO2S/c1-11(2)13(18)16(7,8)17(9)14(19)15(5,6)10-20-12(3)4/h11-12H,10H2,1-9H3. The van der Waals surface area contributed by atoms with Gasteiger partial charge in [-0.2, -0.15) is 11.8 Å². The molecule has 0 aromatic rings. The van der Waals surface area contributed by atoms with Crippen LogP contribution in [-0.4, -0.2) is 40.2 Å². The van der Waals surface area contributed by atoms with Crippen molar-refractivity contribution in [1.29, 1.82) is 0 Å². The molecule has 0 aliphatic carbocycles. The summed E-state index contributed by atoms with van der Waals surface area (Å²) in [6, 6.07) is 0. The van der Waals surface area contributed by atoms with E-state index in [0.29, 0.717) is 5.25 Å². The molecule has 0 atom stereocenters. The Labute approximate surface area is 128 Å². The lowest BCUT2D eigenvalue weighted by Gasteiger charge is -2.40. The Hall–Kier alpha value is -0.510. The topological polar surface area (TPSA) is 37.4 Å². The largest absolute Gasteiger partial charge is 0.333 e. The summed E-state index contributed by atoms with van der Waals surface area (Å²) < 4.78 is 0. The van der Waals surface area contributed by atoms with Gasteiger partial charge >= 0.3 is 0 Å². The number of carbonyl (C=O) groups is 2. The zero-order valence-corrected chi connectivity index (χ0v) is 15.4. The highest BCUT2D eigenvalue weighted by molar-refractivity contribution is 7.99. The van der Waals surface area contributed by atoms with Crippen molar-refractivity contribution in [3.05, 3.63) is 0 Å². The molecule has 0 rings (SSSR count). The van der Waals surface area contributed by atoms with Gasteiger partial charge < -0.3 is 4.90 Å². The maximum Gasteiger partial charge on any atom is 0.229 e. The molecular weight excluding hydrogens is 270 g/mol. The van der Waals surface area contributed by atoms with E-state index in [4.69, 9.17) is 0 Å². The van der Waals surface area contributed by atoms with Crippen LogP contribution >= 0.6 is 11.8 Å². The van der Waals surface area contributed by atoms with Gasteiger partial charge in [-0.05, 0) is 19.1 Å². The first-order chi connectivity index (χ1) is 8.84. The van der Waals surface area contributed by atoms with Crippen molar-refractivity contribution in [3.8, 4) is 0 Å². The number of likely N-dealkylation sites (N-methyl/N-ethyl adjacent to an activating group) is 1. The van der Waals surface area contributed by atoms with Gasteiger partial charge in [0.2, 0.25) is 5.91 Å². The van der Waals surface area contributed by atoms with Crippen molar-refractivity contribution < 1.29 is 9.59 Å². The molecule has 0 N–H and O–H groups in total. The molecule has 0 aromatic heterocycles. The SMILES string of the molecule is CC(C)SCC(C)(C)C(=O)N(C)C(C)(C)C(=O)C(C)C. The lowest BCUT2D eigenvalue weighted by atomic mass is 9.86. The maximum absolute atomic E-state index is 12.7. The number of rotatable bonds is 7. The molecule has 0 spiro atoms. The van der Waals surface area contributed by atoms with Crippen molar-refractivity contribution in [2.24, 2.45) is 11.3 Å². The number of ketones is 1. The highest BCUT2D eigenvalue weighted by Crippen LogP contribution is 2.30. The van der Waals surface area contributed by atoms with E-state index in [0.717, 1.165) is 5.75 Å². The van der Waals surface area contributed by atoms with Gasteiger partial charge in [0, 0.05) is 18.7 Å². The summed E-state index contributed by atoms with van der Waals surface area (Å²) in [6.07, 6.45) is 0. The first-order valence-corrected chi connectivity index (χ1v) is 8.33. The predicted molar refractivity (Wildman–Crippen MR) is 88.1 cm³/mol. The Morgan fingerprint density at radius 3 is 1.85 bits per heavy atom. The van der Waals surface area contributed by atoms with Crippen LogP contribution in [0.15, 0.2) is 0 Å². The number of hydrogen-bond donors (Lipinski definition) is 0. The van der Waals surface area contributed by atoms with Crippen molar-refractivity contribution in [1.82, 2.24) is 4.90 Å². The van der Waals surface area contributed by atoms with Crippen LogP contribution in [0.3, 0.4) is 0 Å². The second kappa shape index (κ2) is 6.97. The minimum Gasteiger partial charge on any atom is -0.333 e. The third-order valence-electron chi connectivity index (χ3n) is 3.63. The summed E-state index contributed by atoms with van der Waals surface area (Å²) in [4.78, 5) is 26.6. The third kappa shape index (κ3) is 4.80. The van der Waals surface area contributed by atoms with E-state index in [-0.39, 0.29) is 17.6 Å². The molecule has 0 aliphatic heterocycles. The van der Waals surface area contributed by atoms with Crippen molar-refractivity contribution >= 4 is 23.5 Å². The van der Waals surface area contributed by atoms with Gasteiger partial charge in [0.05, 0.1) is 11.0 Å². The highest BCUT2D eigenvalue weighted by atomic mass is 32.2. The predicted octanol–water partition coefficient (Wildman–Crippen LogP) is 3.62. The Kier molecular flexibility index (Phi) is 6.79. The van der Waals surface area contributed by atoms with Crippen LogP contribution in [0, 0.1) is 11.3 Å². The average molecular weight is 301 g/mol. The van der Waals surface area contributed by atoms with Gasteiger partial charge in [-0.3, -0.25) is 9.59 Å². The molecule has 0 aliphatic rings. The fraction of sp³-hybridized carbons (Fsp3) is 0.875. The first-order valence-electron chi connectivity index (χ1n) is 7.28. The number of carbonyl (C=O) groups excluding carboxylic acids is 2. The second-order valence-electron chi connectivity index (χ2n) is 7.19. The Balaban J connectivity index is 5.04. The summed E-state index contributed by atoms with van der Waals surface area (Å²) in [6.45, 7) is 15.6. The van der Waals surface area contributed by atoms with Crippen LogP contribution in [0.4, 0.5) is 0 Å². The van der Waals surface area contributed by atoms with E-state index >= 15 is 0 Å². The van der Waals surface area contributed by atoms with Crippen LogP contribution in [0.25, 0.3) is 0 Å². The summed E-state index contributed by atoms with van der Waals surface area (Å²) in [7, 11) is 1.74. The molecule has 0 aromatic carbocycles. The summed E-state index contributed by atoms with van der Waals surface area (Å²) in [5, 5.41) is 0.498. The Morgan fingerprint density at radius 1 is 1.05 bits per heavy atom. The molecule has 0 radical (unpaired) electrons. The Morgan fingerprint density at radius 2 is 1.50 bits per heavy atom. The van der Waals surface area contributed by atoms with E-state index in [2.05, 4.69) is 13.8 Å². The average Bonchev–Trinajstić information content (AvgIpc) is 2.33. The monoisotopic (exact) mass is 301 g/mol. The minimum absolute atomic E-state index is 0.0321. The molecule has 0 saturated heterocycles. The maximum atomic E-state index is 12.7. The molecule has 20 heavy (non-hydrogen) atoms. The first kappa shape index (κ1) is 19.5. The summed E-state index contributed by atoms with van der Waals surface area (Å²) in [5.74, 6) is 0.818. The van der Waals surface area contributed by atoms with E-state index in [1.54, 1.807) is 23.7 Å². The zero-order chi connectivity index (χ0) is 16.3. The number of amides is 1. The molecular formula is C16H31NO2S. The van der Waals surface area contributed by atoms with Crippen molar-refractivity contribution in [2.45, 2.75) is 66.2 Å². The van der Waals surface area contributed by atoms with Gasteiger partial charge in [0.1, 0.15) is 0 Å². The number of hydrogen-bond acceptors (Lipinski definition) is 3. The van der Waals surface area contributed by atoms with Crippen molar-refractivity contribution in [3.63, 3.8) is 0 Å². The van der Waals surface area contributed by atoms with Gasteiger partial charge in [0.25, 0.3) is 0 Å². The fourth-order valence-electron chi connectivity index (χ4n) is 2.02. The third-order valence-corrected chi connectivity index (χ3v) is 5.18. The van der Waals surface area contributed by atoms with E-state index < -0.39 is 11.0 Å². The molecule has 0 bridgehead atoms. The summed E-state index contributed by atoms with van der Waals surface area (Å²) in [5.41, 5.74) is -1.22. The smallest absolute Gasteiger partial charge is 0.229 e. The van der Waals surface area contributed by atoms with Crippen LogP contribution < -0.4 is 0 Å². The lowest BCUT2D eigenvalue weighted by molar-refractivity contribution is -0.149. The molecule has 1 amide bonds. The normalized spacial score (nSPS) is 12.9. The molecule has 118 valence electrons. The minimum atomic E-state index is -0.759. The van der Waals surface area contributed by atoms with Crippen LogP contribution in [0.2, 0.25) is 0 Å². The molecule has 0 heterocycles. The summed E-state index contributed by atoms with van der Waals surface area (Å²) >= 11 is 1.78. The molecule has 0 unspecified atom stereocenters. The molecule has 0 fully saturated rings. The number of thioether (sulfide) groups is 1. The highest BCUT2D eigenvalue weighted by Gasteiger charge is 2.41. The zero-order valence-electron chi connectivity index (χ0n) is 14.5. The van der Waals surface area contributed by atoms with Crippen LogP contribution in [0.1, 0.15) is 55.4 Å². The van der Waals surface area contributed by atoms with Crippen LogP contribution in [0.5, 0.6) is 0 Å². The van der Waals surface area contributed by atoms with Gasteiger partial charge in [0.15, 0.2) is 5.78 Å². The lowest BCUT2D eigenvalue weighted by Crippen LogP contribution is -2.56. The molecule has 3 nitrogen and oxygen atoms in total. The van der Waals surface area contributed by atoms with E-state index in [1.165, 1.54) is 0 Å². The Bertz CT molecular complexity index is 359. The van der Waals surface area contributed by atoms with E-state index in [9.17, 15) is 9.59 Å². The quantitative estimate of drug-likeness (QED) is 0.721. The van der Waals surface area contributed by atoms with Gasteiger partial charge in [-0.15, -0.1) is 0 Å². The number of Topliss-reactive ketones (excluding diaryl/α,β-unsaturated/α-hetero) is 1. The second-order valence-corrected chi connectivity index (χ2v) is 8.75. The molecule has 4 heteroatoms.